The number of aliphatic hydroxyl groups is 1. The molecule has 13 heavy (non-hydrogen) atoms. The summed E-state index contributed by atoms with van der Waals surface area (Å²) in [4.78, 5) is 0. The molecule has 0 radical (unpaired) electrons. The molecule has 0 spiro atoms. The van der Waals surface area contributed by atoms with Gasteiger partial charge >= 0.3 is 0 Å². The Morgan fingerprint density at radius 3 is 2.38 bits per heavy atom. The van der Waals surface area contributed by atoms with E-state index in [0.29, 0.717) is 0 Å². The Bertz CT molecular complexity index is 243. The number of aliphatic hydroxyl groups excluding tert-OH is 1. The molecule has 0 amide bonds. The molecule has 1 nitrogen and oxygen atoms in total. The van der Waals surface area contributed by atoms with Crippen LogP contribution in [0, 0.1) is 0 Å². The zero-order chi connectivity index (χ0) is 9.68. The molecular formula is C11H18OSi. The van der Waals surface area contributed by atoms with Gasteiger partial charge in [0.2, 0.25) is 0 Å². The van der Waals surface area contributed by atoms with Crippen molar-refractivity contribution >= 4 is 10.2 Å². The minimum Gasteiger partial charge on any atom is -0.388 e. The maximum absolute atomic E-state index is 9.56. The summed E-state index contributed by atoms with van der Waals surface area (Å²) in [6.45, 7) is 2.00. The van der Waals surface area contributed by atoms with Gasteiger partial charge in [0.05, 0.1) is 6.10 Å². The van der Waals surface area contributed by atoms with Crippen LogP contribution in [-0.2, 0) is 6.42 Å². The second-order valence-electron chi connectivity index (χ2n) is 3.42. The number of rotatable bonds is 4. The van der Waals surface area contributed by atoms with Crippen molar-refractivity contribution in [2.45, 2.75) is 31.9 Å². The summed E-state index contributed by atoms with van der Waals surface area (Å²) in [5.74, 6) is 0. The lowest BCUT2D eigenvalue weighted by Crippen LogP contribution is -1.95. The summed E-state index contributed by atoms with van der Waals surface area (Å²) in [7, 11) is 1.27. The third kappa shape index (κ3) is 2.97. The lowest BCUT2D eigenvalue weighted by Gasteiger charge is -2.08. The Labute approximate surface area is 83.2 Å². The van der Waals surface area contributed by atoms with Crippen LogP contribution in [0.25, 0.3) is 0 Å². The van der Waals surface area contributed by atoms with Crippen molar-refractivity contribution in [2.24, 2.45) is 0 Å². The highest BCUT2D eigenvalue weighted by atomic mass is 28.1. The SMILES string of the molecule is CCC(O)c1ccc(CC[SiH3])cc1. The van der Waals surface area contributed by atoms with Gasteiger partial charge in [-0.3, -0.25) is 0 Å². The highest BCUT2D eigenvalue weighted by Gasteiger charge is 2.03. The van der Waals surface area contributed by atoms with Crippen LogP contribution >= 0.6 is 0 Å². The van der Waals surface area contributed by atoms with Crippen LogP contribution < -0.4 is 0 Å². The lowest BCUT2D eigenvalue weighted by molar-refractivity contribution is 0.173. The van der Waals surface area contributed by atoms with Crippen LogP contribution in [0.1, 0.15) is 30.6 Å². The van der Waals surface area contributed by atoms with Gasteiger partial charge in [-0.05, 0) is 24.0 Å². The molecule has 1 unspecified atom stereocenters. The molecule has 0 aliphatic heterocycles. The van der Waals surface area contributed by atoms with Crippen LogP contribution in [0.4, 0.5) is 0 Å². The van der Waals surface area contributed by atoms with E-state index in [-0.39, 0.29) is 6.10 Å². The van der Waals surface area contributed by atoms with E-state index in [1.807, 2.05) is 19.1 Å². The second kappa shape index (κ2) is 5.20. The Morgan fingerprint density at radius 2 is 1.92 bits per heavy atom. The third-order valence-corrected chi connectivity index (χ3v) is 2.79. The van der Waals surface area contributed by atoms with Crippen LogP contribution in [-0.4, -0.2) is 15.3 Å². The molecule has 0 fully saturated rings. The molecule has 0 saturated carbocycles. The summed E-state index contributed by atoms with van der Waals surface area (Å²) >= 11 is 0. The molecule has 1 N–H and O–H groups in total. The van der Waals surface area contributed by atoms with E-state index in [1.54, 1.807) is 0 Å². The molecule has 0 aliphatic carbocycles. The Morgan fingerprint density at radius 1 is 1.31 bits per heavy atom. The maximum atomic E-state index is 9.56. The predicted octanol–water partition coefficient (Wildman–Crippen LogP) is 1.46. The highest BCUT2D eigenvalue weighted by Crippen LogP contribution is 2.16. The summed E-state index contributed by atoms with van der Waals surface area (Å²) < 4.78 is 0. The summed E-state index contributed by atoms with van der Waals surface area (Å²) in [5, 5.41) is 9.56. The molecule has 0 aromatic heterocycles. The zero-order valence-corrected chi connectivity index (χ0v) is 10.5. The van der Waals surface area contributed by atoms with Crippen molar-refractivity contribution in [1.82, 2.24) is 0 Å². The first-order valence-electron chi connectivity index (χ1n) is 5.04. The summed E-state index contributed by atoms with van der Waals surface area (Å²) in [6.07, 6.45) is 1.69. The standard InChI is InChI=1S/C11H18OSi/c1-2-11(12)10-5-3-9(4-6-10)7-8-13/h3-6,11-12H,2,7-8H2,1,13H3. The first-order chi connectivity index (χ1) is 6.27. The first-order valence-corrected chi connectivity index (χ1v) is 6.46. The van der Waals surface area contributed by atoms with Gasteiger partial charge in [-0.25, -0.2) is 0 Å². The molecule has 1 aromatic carbocycles. The van der Waals surface area contributed by atoms with Crippen LogP contribution in [0.2, 0.25) is 6.04 Å². The van der Waals surface area contributed by atoms with E-state index in [4.69, 9.17) is 0 Å². The van der Waals surface area contributed by atoms with E-state index in [0.717, 1.165) is 12.0 Å². The normalized spacial score (nSPS) is 13.1. The third-order valence-electron chi connectivity index (χ3n) is 2.29. The predicted molar refractivity (Wildman–Crippen MR) is 60.1 cm³/mol. The molecule has 1 rings (SSSR count). The fourth-order valence-electron chi connectivity index (χ4n) is 1.43. The van der Waals surface area contributed by atoms with E-state index in [2.05, 4.69) is 12.1 Å². The fourth-order valence-corrected chi connectivity index (χ4v) is 2.01. The Kier molecular flexibility index (Phi) is 4.19. The van der Waals surface area contributed by atoms with E-state index < -0.39 is 0 Å². The topological polar surface area (TPSA) is 20.2 Å². The summed E-state index contributed by atoms with van der Waals surface area (Å²) in [6, 6.07) is 9.66. The molecule has 0 heterocycles. The molecule has 1 aromatic rings. The molecular weight excluding hydrogens is 176 g/mol. The minimum atomic E-state index is -0.287. The van der Waals surface area contributed by atoms with Crippen molar-refractivity contribution in [3.05, 3.63) is 35.4 Å². The number of aryl methyl sites for hydroxylation is 1. The van der Waals surface area contributed by atoms with Crippen molar-refractivity contribution in [1.29, 1.82) is 0 Å². The molecule has 0 bridgehead atoms. The van der Waals surface area contributed by atoms with Gasteiger partial charge in [0.1, 0.15) is 0 Å². The van der Waals surface area contributed by atoms with Gasteiger partial charge < -0.3 is 5.11 Å². The number of benzene rings is 1. The second-order valence-corrected chi connectivity index (χ2v) is 4.42. The number of hydrogen-bond acceptors (Lipinski definition) is 1. The molecule has 2 heteroatoms. The van der Waals surface area contributed by atoms with Crippen molar-refractivity contribution in [2.75, 3.05) is 0 Å². The van der Waals surface area contributed by atoms with Crippen molar-refractivity contribution in [3.63, 3.8) is 0 Å². The van der Waals surface area contributed by atoms with Crippen molar-refractivity contribution < 1.29 is 5.11 Å². The Balaban J connectivity index is 2.69. The van der Waals surface area contributed by atoms with Crippen LogP contribution in [0.15, 0.2) is 24.3 Å². The quantitative estimate of drug-likeness (QED) is 0.719. The highest BCUT2D eigenvalue weighted by molar-refractivity contribution is 6.08. The fraction of sp³-hybridized carbons (Fsp3) is 0.455. The van der Waals surface area contributed by atoms with E-state index in [9.17, 15) is 5.11 Å². The van der Waals surface area contributed by atoms with Crippen LogP contribution in [0.3, 0.4) is 0 Å². The van der Waals surface area contributed by atoms with Gasteiger partial charge in [0.15, 0.2) is 0 Å². The van der Waals surface area contributed by atoms with E-state index in [1.165, 1.54) is 28.3 Å². The Hall–Kier alpha value is -0.603. The molecule has 1 atom stereocenters. The first kappa shape index (κ1) is 10.5. The van der Waals surface area contributed by atoms with Gasteiger partial charge in [0.25, 0.3) is 0 Å². The maximum Gasteiger partial charge on any atom is 0.0787 e. The van der Waals surface area contributed by atoms with Gasteiger partial charge in [0, 0.05) is 10.2 Å². The zero-order valence-electron chi connectivity index (χ0n) is 8.46. The average Bonchev–Trinajstić information content (AvgIpc) is 2.18. The number of hydrogen-bond donors (Lipinski definition) is 1. The van der Waals surface area contributed by atoms with Gasteiger partial charge in [-0.2, -0.15) is 0 Å². The molecule has 0 aliphatic rings. The summed E-state index contributed by atoms with van der Waals surface area (Å²) in [5.41, 5.74) is 2.43. The monoisotopic (exact) mass is 194 g/mol. The largest absolute Gasteiger partial charge is 0.388 e. The smallest absolute Gasteiger partial charge is 0.0787 e. The van der Waals surface area contributed by atoms with Gasteiger partial charge in [-0.1, -0.05) is 37.2 Å². The van der Waals surface area contributed by atoms with E-state index >= 15 is 0 Å². The average molecular weight is 194 g/mol. The molecule has 72 valence electrons. The lowest BCUT2D eigenvalue weighted by atomic mass is 10.0. The van der Waals surface area contributed by atoms with Gasteiger partial charge in [-0.15, -0.1) is 0 Å². The van der Waals surface area contributed by atoms with Crippen LogP contribution in [0.5, 0.6) is 0 Å². The molecule has 0 saturated heterocycles. The minimum absolute atomic E-state index is 0.287. The van der Waals surface area contributed by atoms with Crippen molar-refractivity contribution in [3.8, 4) is 0 Å².